The number of nitrogens with one attached hydrogen (secondary N) is 1. The zero-order valence-corrected chi connectivity index (χ0v) is 16.7. The van der Waals surface area contributed by atoms with Gasteiger partial charge in [-0.15, -0.1) is 0 Å². The number of rotatable bonds is 4. The lowest BCUT2D eigenvalue weighted by Crippen LogP contribution is -2.47. The highest BCUT2D eigenvalue weighted by Crippen LogP contribution is 2.26. The Balaban J connectivity index is 1.46. The molecule has 1 aromatic carbocycles. The summed E-state index contributed by atoms with van der Waals surface area (Å²) in [7, 11) is 0. The van der Waals surface area contributed by atoms with Crippen LogP contribution in [0.3, 0.4) is 0 Å². The molecule has 1 aliphatic rings. The van der Waals surface area contributed by atoms with Crippen LogP contribution in [0.15, 0.2) is 42.7 Å². The van der Waals surface area contributed by atoms with Gasteiger partial charge in [0.25, 0.3) is 5.91 Å². The van der Waals surface area contributed by atoms with Crippen LogP contribution >= 0.6 is 11.3 Å². The maximum absolute atomic E-state index is 12.7. The number of thiazole rings is 1. The summed E-state index contributed by atoms with van der Waals surface area (Å²) in [6, 6.07) is 8.84. The van der Waals surface area contributed by atoms with E-state index in [2.05, 4.69) is 10.3 Å². The number of aromatic nitrogens is 2. The van der Waals surface area contributed by atoms with Crippen molar-refractivity contribution in [3.63, 3.8) is 0 Å². The monoisotopic (exact) mass is 396 g/mol. The number of carbonyl (C=O) groups excluding carboxylic acids is 2. The molecule has 6 nitrogen and oxygen atoms in total. The van der Waals surface area contributed by atoms with Crippen molar-refractivity contribution in [2.75, 3.05) is 13.1 Å². The molecule has 1 aliphatic heterocycles. The molecule has 146 valence electrons. The Morgan fingerprint density at radius 2 is 1.82 bits per heavy atom. The Kier molecular flexibility index (Phi) is 5.43. The van der Waals surface area contributed by atoms with Crippen molar-refractivity contribution in [3.05, 3.63) is 48.3 Å². The summed E-state index contributed by atoms with van der Waals surface area (Å²) in [6.45, 7) is 3.34. The van der Waals surface area contributed by atoms with Crippen molar-refractivity contribution >= 4 is 33.4 Å². The van der Waals surface area contributed by atoms with Gasteiger partial charge in [0.05, 0.1) is 10.2 Å². The van der Waals surface area contributed by atoms with Crippen LogP contribution in [0.25, 0.3) is 15.3 Å². The summed E-state index contributed by atoms with van der Waals surface area (Å²) in [6.07, 6.45) is 8.31. The van der Waals surface area contributed by atoms with Gasteiger partial charge in [-0.3, -0.25) is 9.59 Å². The molecule has 2 aromatic heterocycles. The maximum atomic E-state index is 12.7. The Hall–Kier alpha value is -2.67. The second-order valence-corrected chi connectivity index (χ2v) is 8.21. The van der Waals surface area contributed by atoms with Crippen molar-refractivity contribution in [2.45, 2.75) is 38.6 Å². The topological polar surface area (TPSA) is 67.2 Å². The number of benzene rings is 1. The number of carbonyl (C=O) groups is 2. The fourth-order valence-corrected chi connectivity index (χ4v) is 4.50. The molecule has 1 atom stereocenters. The molecule has 0 saturated carbocycles. The van der Waals surface area contributed by atoms with Crippen LogP contribution in [0, 0.1) is 0 Å². The number of nitrogens with zero attached hydrogens (tertiary/aromatic N) is 3. The van der Waals surface area contributed by atoms with Crippen molar-refractivity contribution < 1.29 is 9.59 Å². The van der Waals surface area contributed by atoms with E-state index in [1.54, 1.807) is 13.0 Å². The van der Waals surface area contributed by atoms with E-state index in [1.807, 2.05) is 46.1 Å². The molecule has 1 saturated heterocycles. The first-order valence-electron chi connectivity index (χ1n) is 9.75. The first-order chi connectivity index (χ1) is 13.6. The predicted octanol–water partition coefficient (Wildman–Crippen LogP) is 3.61. The highest BCUT2D eigenvalue weighted by atomic mass is 32.1. The van der Waals surface area contributed by atoms with E-state index in [0.717, 1.165) is 41.3 Å². The number of likely N-dealkylation sites (tertiary alicyclic amines) is 1. The highest BCUT2D eigenvalue weighted by Gasteiger charge is 2.23. The maximum Gasteiger partial charge on any atom is 0.251 e. The summed E-state index contributed by atoms with van der Waals surface area (Å²) in [5.41, 5.74) is 1.41. The molecule has 1 N–H and O–H groups in total. The minimum Gasteiger partial charge on any atom is -0.341 e. The van der Waals surface area contributed by atoms with E-state index >= 15 is 0 Å². The molecule has 0 bridgehead atoms. The number of amides is 2. The summed E-state index contributed by atoms with van der Waals surface area (Å²) in [5, 5.41) is 3.72. The van der Waals surface area contributed by atoms with Crippen LogP contribution < -0.4 is 5.32 Å². The lowest BCUT2D eigenvalue weighted by Gasteiger charge is -2.24. The first-order valence-corrected chi connectivity index (χ1v) is 10.6. The second kappa shape index (κ2) is 8.14. The number of hydrogen-bond acceptors (Lipinski definition) is 4. The summed E-state index contributed by atoms with van der Waals surface area (Å²) >= 11 is 1.53. The summed E-state index contributed by atoms with van der Waals surface area (Å²) in [5.74, 6) is -0.225. The Bertz CT molecular complexity index is 972. The molecule has 1 unspecified atom stereocenters. The normalized spacial score (nSPS) is 16.0. The quantitative estimate of drug-likeness (QED) is 0.733. The average Bonchev–Trinajstić information content (AvgIpc) is 3.30. The summed E-state index contributed by atoms with van der Waals surface area (Å²) in [4.78, 5) is 31.8. The van der Waals surface area contributed by atoms with Crippen molar-refractivity contribution in [3.8, 4) is 5.13 Å². The van der Waals surface area contributed by atoms with Gasteiger partial charge in [0.15, 0.2) is 5.13 Å². The van der Waals surface area contributed by atoms with Crippen molar-refractivity contribution in [2.24, 2.45) is 0 Å². The Morgan fingerprint density at radius 3 is 2.54 bits per heavy atom. The molecule has 3 aromatic rings. The molecule has 2 amide bonds. The fourth-order valence-electron chi connectivity index (χ4n) is 3.53. The lowest BCUT2D eigenvalue weighted by molar-refractivity contribution is -0.132. The van der Waals surface area contributed by atoms with Gasteiger partial charge in [-0.2, -0.15) is 0 Å². The van der Waals surface area contributed by atoms with E-state index in [4.69, 9.17) is 0 Å². The second-order valence-electron chi connectivity index (χ2n) is 7.20. The minimum absolute atomic E-state index is 0.00372. The third kappa shape index (κ3) is 3.94. The zero-order valence-electron chi connectivity index (χ0n) is 15.9. The SMILES string of the molecule is CC(NC(=O)c1ccc2nc(-n3cccc3)sc2c1)C(=O)N1CCCCCC1. The van der Waals surface area contributed by atoms with Crippen LogP contribution in [-0.2, 0) is 4.79 Å². The van der Waals surface area contributed by atoms with Gasteiger partial charge in [0, 0.05) is 31.0 Å². The molecule has 0 spiro atoms. The van der Waals surface area contributed by atoms with Gasteiger partial charge in [-0.1, -0.05) is 24.2 Å². The first kappa shape index (κ1) is 18.7. The lowest BCUT2D eigenvalue weighted by atomic mass is 10.2. The van der Waals surface area contributed by atoms with E-state index in [-0.39, 0.29) is 11.8 Å². The Labute approximate surface area is 168 Å². The Morgan fingerprint density at radius 1 is 1.11 bits per heavy atom. The molecule has 28 heavy (non-hydrogen) atoms. The molecule has 0 radical (unpaired) electrons. The van der Waals surface area contributed by atoms with E-state index in [0.29, 0.717) is 5.56 Å². The smallest absolute Gasteiger partial charge is 0.251 e. The third-order valence-corrected chi connectivity index (χ3v) is 6.13. The van der Waals surface area contributed by atoms with Crippen LogP contribution in [0.4, 0.5) is 0 Å². The van der Waals surface area contributed by atoms with Crippen LogP contribution in [0.2, 0.25) is 0 Å². The van der Waals surface area contributed by atoms with E-state index in [9.17, 15) is 9.59 Å². The van der Waals surface area contributed by atoms with Crippen molar-refractivity contribution in [1.82, 2.24) is 19.8 Å². The molecule has 4 rings (SSSR count). The van der Waals surface area contributed by atoms with Gasteiger partial charge in [-0.05, 0) is 50.1 Å². The van der Waals surface area contributed by atoms with Gasteiger partial charge in [0.1, 0.15) is 6.04 Å². The molecule has 1 fully saturated rings. The molecule has 3 heterocycles. The highest BCUT2D eigenvalue weighted by molar-refractivity contribution is 7.20. The van der Waals surface area contributed by atoms with Crippen molar-refractivity contribution in [1.29, 1.82) is 0 Å². The van der Waals surface area contributed by atoms with Gasteiger partial charge in [0.2, 0.25) is 5.91 Å². The molecule has 7 heteroatoms. The molecular formula is C21H24N4O2S. The average molecular weight is 397 g/mol. The van der Waals surface area contributed by atoms with Gasteiger partial charge >= 0.3 is 0 Å². The van der Waals surface area contributed by atoms with E-state index in [1.165, 1.54) is 24.2 Å². The standard InChI is InChI=1S/C21H24N4O2S/c1-15(20(27)24-10-4-2-3-5-11-24)22-19(26)16-8-9-17-18(14-16)28-21(23-17)25-12-6-7-13-25/h6-9,12-15H,2-5,10-11H2,1H3,(H,22,26). The van der Waals surface area contributed by atoms with Crippen LogP contribution in [-0.4, -0.2) is 45.4 Å². The molecule has 0 aliphatic carbocycles. The van der Waals surface area contributed by atoms with Crippen LogP contribution in [0.1, 0.15) is 43.0 Å². The van der Waals surface area contributed by atoms with Crippen LogP contribution in [0.5, 0.6) is 0 Å². The minimum atomic E-state index is -0.529. The fraction of sp³-hybridized carbons (Fsp3) is 0.381. The van der Waals surface area contributed by atoms with Gasteiger partial charge < -0.3 is 14.8 Å². The van der Waals surface area contributed by atoms with E-state index < -0.39 is 6.04 Å². The number of fused-ring (bicyclic) bond motifs is 1. The predicted molar refractivity (Wildman–Crippen MR) is 111 cm³/mol. The summed E-state index contributed by atoms with van der Waals surface area (Å²) < 4.78 is 2.90. The third-order valence-electron chi connectivity index (χ3n) is 5.10. The van der Waals surface area contributed by atoms with Gasteiger partial charge in [-0.25, -0.2) is 4.98 Å². The largest absolute Gasteiger partial charge is 0.341 e. The molecular weight excluding hydrogens is 372 g/mol. The zero-order chi connectivity index (χ0) is 19.5. The number of hydrogen-bond donors (Lipinski definition) is 1.